The number of benzene rings is 2. The van der Waals surface area contributed by atoms with Crippen molar-refractivity contribution in [3.8, 4) is 16.9 Å². The van der Waals surface area contributed by atoms with Crippen LogP contribution >= 0.6 is 0 Å². The number of aryl methyl sites for hydroxylation is 1. The van der Waals surface area contributed by atoms with E-state index in [9.17, 15) is 4.39 Å². The van der Waals surface area contributed by atoms with Gasteiger partial charge in [0.25, 0.3) is 0 Å². The lowest BCUT2D eigenvalue weighted by Crippen LogP contribution is -2.37. The fraction of sp³-hybridized carbons (Fsp3) is 0.348. The molecule has 1 fully saturated rings. The van der Waals surface area contributed by atoms with Crippen LogP contribution in [0.5, 0.6) is 5.75 Å². The Bertz CT molecular complexity index is 931. The third-order valence-corrected chi connectivity index (χ3v) is 5.53. The standard InChI is InChI=1S/C23H25FN2O/c1-3-26-14-12-20(13-15-26)27-19-8-4-17(5-9-19)21-10-6-18-7-11-22(24)25-23(18)16(21)2/h4-11,20H,3,12-15H2,1-2H3. The second kappa shape index (κ2) is 7.65. The molecule has 1 saturated heterocycles. The highest BCUT2D eigenvalue weighted by molar-refractivity contribution is 5.88. The molecule has 27 heavy (non-hydrogen) atoms. The summed E-state index contributed by atoms with van der Waals surface area (Å²) in [5, 5.41) is 0.955. The van der Waals surface area contributed by atoms with Gasteiger partial charge in [0.2, 0.25) is 5.95 Å². The summed E-state index contributed by atoms with van der Waals surface area (Å²) in [4.78, 5) is 6.53. The molecule has 3 nitrogen and oxygen atoms in total. The van der Waals surface area contributed by atoms with Crippen molar-refractivity contribution in [1.82, 2.24) is 9.88 Å². The first-order valence-electron chi connectivity index (χ1n) is 9.69. The molecule has 0 bridgehead atoms. The molecule has 0 unspecified atom stereocenters. The molecule has 2 heterocycles. The van der Waals surface area contributed by atoms with Gasteiger partial charge in [-0.25, -0.2) is 4.98 Å². The van der Waals surface area contributed by atoms with Crippen molar-refractivity contribution in [3.05, 3.63) is 60.0 Å². The smallest absolute Gasteiger partial charge is 0.213 e. The molecule has 0 saturated carbocycles. The van der Waals surface area contributed by atoms with E-state index in [1.54, 1.807) is 6.07 Å². The molecule has 0 atom stereocenters. The predicted molar refractivity (Wildman–Crippen MR) is 108 cm³/mol. The predicted octanol–water partition coefficient (Wildman–Crippen LogP) is 5.21. The van der Waals surface area contributed by atoms with E-state index in [0.717, 1.165) is 65.8 Å². The van der Waals surface area contributed by atoms with Crippen LogP contribution in [0.4, 0.5) is 4.39 Å². The van der Waals surface area contributed by atoms with E-state index >= 15 is 0 Å². The lowest BCUT2D eigenvalue weighted by molar-refractivity contribution is 0.104. The molecule has 1 aromatic heterocycles. The van der Waals surface area contributed by atoms with Gasteiger partial charge in [-0.15, -0.1) is 0 Å². The van der Waals surface area contributed by atoms with Crippen LogP contribution < -0.4 is 4.74 Å². The summed E-state index contributed by atoms with van der Waals surface area (Å²) in [7, 11) is 0. The maximum atomic E-state index is 13.5. The Morgan fingerprint density at radius 3 is 2.44 bits per heavy atom. The zero-order valence-electron chi connectivity index (χ0n) is 15.9. The molecule has 1 aliphatic rings. The van der Waals surface area contributed by atoms with E-state index in [2.05, 4.69) is 35.0 Å². The Morgan fingerprint density at radius 2 is 1.74 bits per heavy atom. The average molecular weight is 364 g/mol. The molecule has 4 heteroatoms. The van der Waals surface area contributed by atoms with Crippen molar-refractivity contribution in [2.75, 3.05) is 19.6 Å². The molecule has 4 rings (SSSR count). The SMILES string of the molecule is CCN1CCC(Oc2ccc(-c3ccc4ccc(F)nc4c3C)cc2)CC1. The lowest BCUT2D eigenvalue weighted by Gasteiger charge is -2.31. The Labute approximate surface area is 159 Å². The van der Waals surface area contributed by atoms with Gasteiger partial charge in [0.1, 0.15) is 11.9 Å². The van der Waals surface area contributed by atoms with Crippen LogP contribution in [-0.2, 0) is 0 Å². The molecular weight excluding hydrogens is 339 g/mol. The van der Waals surface area contributed by atoms with Crippen molar-refractivity contribution in [2.45, 2.75) is 32.8 Å². The van der Waals surface area contributed by atoms with Crippen LogP contribution in [0.2, 0.25) is 0 Å². The third-order valence-electron chi connectivity index (χ3n) is 5.53. The lowest BCUT2D eigenvalue weighted by atomic mass is 9.98. The summed E-state index contributed by atoms with van der Waals surface area (Å²) in [5.74, 6) is 0.469. The summed E-state index contributed by atoms with van der Waals surface area (Å²) < 4.78 is 19.7. The minimum Gasteiger partial charge on any atom is -0.490 e. The van der Waals surface area contributed by atoms with Crippen LogP contribution in [0.15, 0.2) is 48.5 Å². The molecule has 0 N–H and O–H groups in total. The van der Waals surface area contributed by atoms with Crippen LogP contribution in [0.25, 0.3) is 22.0 Å². The maximum absolute atomic E-state index is 13.5. The molecule has 1 aliphatic heterocycles. The highest BCUT2D eigenvalue weighted by Crippen LogP contribution is 2.30. The van der Waals surface area contributed by atoms with E-state index < -0.39 is 5.95 Å². The summed E-state index contributed by atoms with van der Waals surface area (Å²) in [6, 6.07) is 15.5. The summed E-state index contributed by atoms with van der Waals surface area (Å²) >= 11 is 0. The minimum atomic E-state index is -0.444. The van der Waals surface area contributed by atoms with Gasteiger partial charge in [-0.3, -0.25) is 0 Å². The van der Waals surface area contributed by atoms with Gasteiger partial charge >= 0.3 is 0 Å². The molecule has 3 aromatic rings. The number of fused-ring (bicyclic) bond motifs is 1. The van der Waals surface area contributed by atoms with Crippen molar-refractivity contribution in [1.29, 1.82) is 0 Å². The van der Waals surface area contributed by atoms with Gasteiger partial charge in [0, 0.05) is 18.5 Å². The number of piperidine rings is 1. The Morgan fingerprint density at radius 1 is 1.04 bits per heavy atom. The first-order chi connectivity index (χ1) is 13.1. The first-order valence-corrected chi connectivity index (χ1v) is 9.69. The number of rotatable bonds is 4. The number of hydrogen-bond acceptors (Lipinski definition) is 3. The van der Waals surface area contributed by atoms with Gasteiger partial charge in [-0.2, -0.15) is 4.39 Å². The number of nitrogens with zero attached hydrogens (tertiary/aromatic N) is 2. The van der Waals surface area contributed by atoms with Crippen LogP contribution in [0.3, 0.4) is 0 Å². The average Bonchev–Trinajstić information content (AvgIpc) is 2.70. The van der Waals surface area contributed by atoms with Crippen LogP contribution in [0.1, 0.15) is 25.3 Å². The van der Waals surface area contributed by atoms with Gasteiger partial charge in [0.05, 0.1) is 5.52 Å². The summed E-state index contributed by atoms with van der Waals surface area (Å²) in [5.41, 5.74) is 3.88. The van der Waals surface area contributed by atoms with Crippen molar-refractivity contribution in [2.24, 2.45) is 0 Å². The normalized spacial score (nSPS) is 16.0. The van der Waals surface area contributed by atoms with Gasteiger partial charge in [-0.1, -0.05) is 31.2 Å². The topological polar surface area (TPSA) is 25.4 Å². The fourth-order valence-electron chi connectivity index (χ4n) is 3.87. The number of halogens is 1. The largest absolute Gasteiger partial charge is 0.490 e. The highest BCUT2D eigenvalue weighted by atomic mass is 19.1. The fourth-order valence-corrected chi connectivity index (χ4v) is 3.87. The minimum absolute atomic E-state index is 0.299. The van der Waals surface area contributed by atoms with E-state index in [1.165, 1.54) is 6.07 Å². The van der Waals surface area contributed by atoms with Gasteiger partial charge in [0.15, 0.2) is 0 Å². The number of ether oxygens (including phenoxy) is 1. The van der Waals surface area contributed by atoms with Gasteiger partial charge in [-0.05, 0) is 67.3 Å². The maximum Gasteiger partial charge on any atom is 0.213 e. The third kappa shape index (κ3) is 3.81. The quantitative estimate of drug-likeness (QED) is 0.594. The second-order valence-electron chi connectivity index (χ2n) is 7.22. The van der Waals surface area contributed by atoms with Gasteiger partial charge < -0.3 is 9.64 Å². The van der Waals surface area contributed by atoms with E-state index in [1.807, 2.05) is 25.1 Å². The molecular formula is C23H25FN2O. The number of likely N-dealkylation sites (tertiary alicyclic amines) is 1. The monoisotopic (exact) mass is 364 g/mol. The van der Waals surface area contributed by atoms with Crippen molar-refractivity contribution < 1.29 is 9.13 Å². The van der Waals surface area contributed by atoms with E-state index in [-0.39, 0.29) is 0 Å². The molecule has 140 valence electrons. The first kappa shape index (κ1) is 17.9. The van der Waals surface area contributed by atoms with Crippen molar-refractivity contribution >= 4 is 10.9 Å². The summed E-state index contributed by atoms with van der Waals surface area (Å²) in [6.07, 6.45) is 2.46. The highest BCUT2D eigenvalue weighted by Gasteiger charge is 2.19. The number of pyridine rings is 1. The Balaban J connectivity index is 1.52. The Hall–Kier alpha value is -2.46. The molecule has 2 aromatic carbocycles. The van der Waals surface area contributed by atoms with Crippen LogP contribution in [-0.4, -0.2) is 35.6 Å². The number of aromatic nitrogens is 1. The zero-order valence-corrected chi connectivity index (χ0v) is 15.9. The Kier molecular flexibility index (Phi) is 5.08. The molecule has 0 spiro atoms. The van der Waals surface area contributed by atoms with Crippen molar-refractivity contribution in [3.63, 3.8) is 0 Å². The molecule has 0 amide bonds. The number of hydrogen-bond donors (Lipinski definition) is 0. The zero-order chi connectivity index (χ0) is 18.8. The van der Waals surface area contributed by atoms with Crippen LogP contribution in [0, 0.1) is 12.9 Å². The molecule has 0 aliphatic carbocycles. The van der Waals surface area contributed by atoms with E-state index in [0.29, 0.717) is 6.10 Å². The second-order valence-corrected chi connectivity index (χ2v) is 7.22. The van der Waals surface area contributed by atoms with E-state index in [4.69, 9.17) is 4.74 Å². The molecule has 0 radical (unpaired) electrons. The summed E-state index contributed by atoms with van der Waals surface area (Å²) in [6.45, 7) is 7.54.